The van der Waals surface area contributed by atoms with Gasteiger partial charge in [0.25, 0.3) is 0 Å². The number of benzene rings is 1. The summed E-state index contributed by atoms with van der Waals surface area (Å²) in [6.45, 7) is 4.51. The molecule has 0 aliphatic rings. The molecule has 1 unspecified atom stereocenters. The van der Waals surface area contributed by atoms with Crippen LogP contribution in [0.1, 0.15) is 12.5 Å². The van der Waals surface area contributed by atoms with Crippen molar-refractivity contribution < 1.29 is 4.90 Å². The van der Waals surface area contributed by atoms with Gasteiger partial charge in [-0.2, -0.15) is 4.68 Å². The maximum Gasteiger partial charge on any atom is 0.203 e. The monoisotopic (exact) mass is 379 g/mol. The molecule has 0 saturated heterocycles. The molecule has 126 valence electrons. The Balaban J connectivity index is 1.81. The van der Waals surface area contributed by atoms with Crippen molar-refractivity contribution in [2.45, 2.75) is 26.7 Å². The van der Waals surface area contributed by atoms with Crippen molar-refractivity contribution in [1.82, 2.24) is 14.3 Å². The van der Waals surface area contributed by atoms with E-state index in [0.29, 0.717) is 0 Å². The second-order valence-corrected chi connectivity index (χ2v) is 7.50. The van der Waals surface area contributed by atoms with Crippen molar-refractivity contribution in [2.75, 3.05) is 7.05 Å². The first-order valence-electron chi connectivity index (χ1n) is 7.85. The molecule has 1 aromatic carbocycles. The number of hydrogen-bond donors (Lipinski definition) is 1. The van der Waals surface area contributed by atoms with Gasteiger partial charge in [-0.05, 0) is 42.7 Å². The molecule has 4 nitrogen and oxygen atoms in total. The Morgan fingerprint density at radius 1 is 1.29 bits per heavy atom. The van der Waals surface area contributed by atoms with E-state index < -0.39 is 0 Å². The Labute approximate surface area is 155 Å². The highest BCUT2D eigenvalue weighted by molar-refractivity contribution is 7.71. The van der Waals surface area contributed by atoms with Crippen molar-refractivity contribution in [3.63, 3.8) is 0 Å². The fourth-order valence-corrected chi connectivity index (χ4v) is 3.98. The first-order valence-corrected chi connectivity index (χ1v) is 9.52. The Hall–Kier alpha value is -1.47. The second kappa shape index (κ2) is 7.61. The van der Waals surface area contributed by atoms with Gasteiger partial charge >= 0.3 is 0 Å². The highest BCUT2D eigenvalue weighted by atomic mass is 35.5. The zero-order valence-electron chi connectivity index (χ0n) is 13.7. The molecule has 0 radical (unpaired) electrons. The van der Waals surface area contributed by atoms with Gasteiger partial charge in [0.2, 0.25) is 4.77 Å². The number of nitrogens with one attached hydrogen (secondary N) is 1. The van der Waals surface area contributed by atoms with E-state index in [4.69, 9.17) is 28.9 Å². The van der Waals surface area contributed by atoms with Crippen LogP contribution >= 0.6 is 35.2 Å². The van der Waals surface area contributed by atoms with Gasteiger partial charge in [0.15, 0.2) is 12.5 Å². The highest BCUT2D eigenvalue weighted by Gasteiger charge is 2.15. The average molecular weight is 380 g/mol. The molecule has 0 aliphatic carbocycles. The Bertz CT molecular complexity index is 867. The summed E-state index contributed by atoms with van der Waals surface area (Å²) in [5, 5.41) is 7.60. The molecule has 0 aliphatic heterocycles. The normalized spacial score (nSPS) is 12.5. The number of aromatic nitrogens is 3. The third-order valence-corrected chi connectivity index (χ3v) is 5.33. The highest BCUT2D eigenvalue weighted by Crippen LogP contribution is 2.23. The topological polar surface area (TPSA) is 27.2 Å². The third-order valence-electron chi connectivity index (χ3n) is 3.80. The van der Waals surface area contributed by atoms with E-state index in [-0.39, 0.29) is 0 Å². The van der Waals surface area contributed by atoms with E-state index in [1.54, 1.807) is 11.3 Å². The summed E-state index contributed by atoms with van der Waals surface area (Å²) >= 11 is 13.4. The maximum absolute atomic E-state index is 6.07. The fraction of sp³-hybridized carbons (Fsp3) is 0.294. The minimum Gasteiger partial charge on any atom is -0.315 e. The molecule has 2 aromatic heterocycles. The zero-order valence-corrected chi connectivity index (χ0v) is 16.1. The summed E-state index contributed by atoms with van der Waals surface area (Å²) in [6, 6.07) is 12.1. The van der Waals surface area contributed by atoms with Crippen LogP contribution in [0.25, 0.3) is 10.7 Å². The minimum atomic E-state index is 0.719. The summed E-state index contributed by atoms with van der Waals surface area (Å²) in [5.74, 6) is 0.952. The first kappa shape index (κ1) is 17.4. The van der Waals surface area contributed by atoms with Crippen LogP contribution in [0.5, 0.6) is 0 Å². The van der Waals surface area contributed by atoms with Crippen molar-refractivity contribution in [2.24, 2.45) is 0 Å². The molecule has 7 heteroatoms. The molecular formula is C17H20ClN4S2+. The second-order valence-electron chi connectivity index (χ2n) is 5.75. The predicted octanol–water partition coefficient (Wildman–Crippen LogP) is 3.49. The molecule has 3 aromatic rings. The van der Waals surface area contributed by atoms with E-state index in [9.17, 15) is 0 Å². The summed E-state index contributed by atoms with van der Waals surface area (Å²) in [5.41, 5.74) is 1.21. The number of hydrogen-bond acceptors (Lipinski definition) is 3. The van der Waals surface area contributed by atoms with Gasteiger partial charge in [0.05, 0.1) is 11.9 Å². The molecule has 0 amide bonds. The quantitative estimate of drug-likeness (QED) is 0.664. The van der Waals surface area contributed by atoms with E-state index >= 15 is 0 Å². The lowest BCUT2D eigenvalue weighted by Gasteiger charge is -2.13. The van der Waals surface area contributed by atoms with E-state index in [0.717, 1.165) is 40.3 Å². The number of nitrogens with zero attached hydrogens (tertiary/aromatic N) is 3. The van der Waals surface area contributed by atoms with Crippen LogP contribution < -0.4 is 4.90 Å². The SMILES string of the molecule is CCn1c(-c2cccs2)nn(C[NH+](C)Cc2cccc(Cl)c2)c1=S. The number of thiophene rings is 1. The van der Waals surface area contributed by atoms with Gasteiger partial charge in [0.1, 0.15) is 6.54 Å². The summed E-state index contributed by atoms with van der Waals surface area (Å²) in [7, 11) is 2.14. The average Bonchev–Trinajstić information content (AvgIpc) is 3.16. The fourth-order valence-electron chi connectivity index (χ4n) is 2.72. The first-order chi connectivity index (χ1) is 11.6. The van der Waals surface area contributed by atoms with Crippen LogP contribution in [0.15, 0.2) is 41.8 Å². The third kappa shape index (κ3) is 3.78. The molecule has 2 heterocycles. The van der Waals surface area contributed by atoms with Gasteiger partial charge in [-0.25, -0.2) is 0 Å². The van der Waals surface area contributed by atoms with Gasteiger partial charge < -0.3 is 4.90 Å². The summed E-state index contributed by atoms with van der Waals surface area (Å²) in [4.78, 5) is 2.45. The van der Waals surface area contributed by atoms with Crippen molar-refractivity contribution in [3.8, 4) is 10.7 Å². The number of quaternary nitrogens is 1. The molecule has 0 bridgehead atoms. The minimum absolute atomic E-state index is 0.719. The van der Waals surface area contributed by atoms with Gasteiger partial charge in [-0.1, -0.05) is 29.8 Å². The lowest BCUT2D eigenvalue weighted by molar-refractivity contribution is -0.917. The number of rotatable bonds is 6. The van der Waals surface area contributed by atoms with E-state index in [1.165, 1.54) is 10.5 Å². The molecule has 0 fully saturated rings. The van der Waals surface area contributed by atoms with Crippen LogP contribution in [-0.4, -0.2) is 21.4 Å². The predicted molar refractivity (Wildman–Crippen MR) is 102 cm³/mol. The van der Waals surface area contributed by atoms with E-state index in [1.807, 2.05) is 28.9 Å². The molecular weight excluding hydrogens is 360 g/mol. The lowest BCUT2D eigenvalue weighted by atomic mass is 10.2. The van der Waals surface area contributed by atoms with Crippen LogP contribution in [0.4, 0.5) is 0 Å². The van der Waals surface area contributed by atoms with Crippen molar-refractivity contribution in [3.05, 3.63) is 57.1 Å². The molecule has 24 heavy (non-hydrogen) atoms. The Morgan fingerprint density at radius 2 is 2.12 bits per heavy atom. The van der Waals surface area contributed by atoms with Crippen molar-refractivity contribution >= 4 is 35.2 Å². The zero-order chi connectivity index (χ0) is 17.1. The van der Waals surface area contributed by atoms with Crippen LogP contribution in [-0.2, 0) is 19.8 Å². The smallest absolute Gasteiger partial charge is 0.203 e. The lowest BCUT2D eigenvalue weighted by Crippen LogP contribution is -3.07. The van der Waals surface area contributed by atoms with Crippen LogP contribution in [0.3, 0.4) is 0 Å². The standard InChI is InChI=1S/C17H19ClN4S2/c1-3-21-16(15-8-5-9-24-15)19-22(17(21)23)12-20(2)11-13-6-4-7-14(18)10-13/h4-10H,3,11-12H2,1-2H3/p+1. The Kier molecular flexibility index (Phi) is 5.50. The summed E-state index contributed by atoms with van der Waals surface area (Å²) < 4.78 is 4.79. The molecule has 0 spiro atoms. The molecule has 0 saturated carbocycles. The molecule has 1 atom stereocenters. The van der Waals surface area contributed by atoms with Gasteiger partial charge in [-0.15, -0.1) is 16.4 Å². The maximum atomic E-state index is 6.07. The van der Waals surface area contributed by atoms with Crippen LogP contribution in [0, 0.1) is 4.77 Å². The van der Waals surface area contributed by atoms with Gasteiger partial charge in [-0.3, -0.25) is 4.57 Å². The molecule has 1 N–H and O–H groups in total. The van der Waals surface area contributed by atoms with Crippen molar-refractivity contribution in [1.29, 1.82) is 0 Å². The van der Waals surface area contributed by atoms with Crippen LogP contribution in [0.2, 0.25) is 5.02 Å². The summed E-state index contributed by atoms with van der Waals surface area (Å²) in [6.07, 6.45) is 0. The van der Waals surface area contributed by atoms with Gasteiger partial charge in [0, 0.05) is 17.1 Å². The molecule has 3 rings (SSSR count). The Morgan fingerprint density at radius 3 is 2.79 bits per heavy atom. The number of halogens is 1. The van der Waals surface area contributed by atoms with E-state index in [2.05, 4.69) is 36.1 Å². The largest absolute Gasteiger partial charge is 0.315 e.